The number of hydrogen-bond donors (Lipinski definition) is 1. The van der Waals surface area contributed by atoms with Crippen molar-refractivity contribution in [2.75, 3.05) is 5.32 Å². The van der Waals surface area contributed by atoms with E-state index in [1.54, 1.807) is 12.3 Å². The molecular weight excluding hydrogens is 367 g/mol. The SMILES string of the molecule is CC(C)[Si](C#CC(F)CC(=O)Nc1cccc2cccnc12)(C(C)C)C(C)C. The third kappa shape index (κ3) is 4.80. The van der Waals surface area contributed by atoms with Crippen molar-refractivity contribution in [3.05, 3.63) is 36.5 Å². The highest BCUT2D eigenvalue weighted by Crippen LogP contribution is 2.40. The van der Waals surface area contributed by atoms with Gasteiger partial charge in [0.2, 0.25) is 5.91 Å². The minimum absolute atomic E-state index is 0.269. The predicted molar refractivity (Wildman–Crippen MR) is 119 cm³/mol. The Morgan fingerprint density at radius 3 is 2.29 bits per heavy atom. The number of alkyl halides is 1. The first kappa shape index (κ1) is 22.1. The summed E-state index contributed by atoms with van der Waals surface area (Å²) >= 11 is 0. The second kappa shape index (κ2) is 9.34. The third-order valence-corrected chi connectivity index (χ3v) is 11.9. The standard InChI is InChI=1S/C23H31FN2OSi/c1-16(2)28(17(3)4,18(5)6)14-12-20(24)15-22(27)26-21-11-7-9-19-10-8-13-25-23(19)21/h7-11,13,16-18,20H,15H2,1-6H3,(H,26,27). The minimum Gasteiger partial charge on any atom is -0.324 e. The van der Waals surface area contributed by atoms with Gasteiger partial charge in [-0.05, 0) is 28.8 Å². The Balaban J connectivity index is 2.14. The average molecular weight is 399 g/mol. The highest BCUT2D eigenvalue weighted by molar-refractivity contribution is 6.90. The normalized spacial score (nSPS) is 12.9. The number of carbonyl (C=O) groups excluding carboxylic acids is 1. The Labute approximate surface area is 169 Å². The first-order chi connectivity index (χ1) is 13.2. The van der Waals surface area contributed by atoms with Crippen LogP contribution >= 0.6 is 0 Å². The molecule has 1 atom stereocenters. The van der Waals surface area contributed by atoms with Crippen LogP contribution < -0.4 is 5.32 Å². The molecule has 0 saturated carbocycles. The number of benzene rings is 1. The molecule has 0 fully saturated rings. The number of nitrogens with zero attached hydrogens (tertiary/aromatic N) is 1. The molecule has 0 radical (unpaired) electrons. The molecule has 0 aliphatic carbocycles. The van der Waals surface area contributed by atoms with E-state index >= 15 is 0 Å². The first-order valence-electron chi connectivity index (χ1n) is 9.98. The smallest absolute Gasteiger partial charge is 0.228 e. The number of halogens is 1. The molecule has 0 spiro atoms. The Morgan fingerprint density at radius 2 is 1.68 bits per heavy atom. The van der Waals surface area contributed by atoms with Gasteiger partial charge >= 0.3 is 0 Å². The summed E-state index contributed by atoms with van der Waals surface area (Å²) < 4.78 is 14.6. The van der Waals surface area contributed by atoms with Crippen LogP contribution in [0.4, 0.5) is 10.1 Å². The Bertz CT molecular complexity index is 856. The number of carbonyl (C=O) groups is 1. The van der Waals surface area contributed by atoms with Crippen molar-refractivity contribution in [2.45, 2.75) is 70.8 Å². The van der Waals surface area contributed by atoms with Crippen LogP contribution in [-0.4, -0.2) is 25.1 Å². The zero-order chi connectivity index (χ0) is 20.9. The van der Waals surface area contributed by atoms with E-state index in [9.17, 15) is 9.18 Å². The maximum Gasteiger partial charge on any atom is 0.228 e. The van der Waals surface area contributed by atoms with Gasteiger partial charge < -0.3 is 5.32 Å². The molecule has 2 aromatic rings. The number of amides is 1. The Hall–Kier alpha value is -2.19. The second-order valence-electron chi connectivity index (χ2n) is 8.27. The summed E-state index contributed by atoms with van der Waals surface area (Å²) in [5, 5.41) is 3.71. The largest absolute Gasteiger partial charge is 0.324 e. The van der Waals surface area contributed by atoms with Gasteiger partial charge in [-0.25, -0.2) is 4.39 Å². The van der Waals surface area contributed by atoms with Crippen molar-refractivity contribution < 1.29 is 9.18 Å². The lowest BCUT2D eigenvalue weighted by Crippen LogP contribution is -2.43. The summed E-state index contributed by atoms with van der Waals surface area (Å²) in [4.78, 5) is 16.7. The molecule has 5 heteroatoms. The van der Waals surface area contributed by atoms with E-state index in [0.717, 1.165) is 5.39 Å². The van der Waals surface area contributed by atoms with Crippen molar-refractivity contribution in [3.8, 4) is 11.5 Å². The molecule has 1 unspecified atom stereocenters. The Morgan fingerprint density at radius 1 is 1.07 bits per heavy atom. The molecule has 0 aliphatic heterocycles. The van der Waals surface area contributed by atoms with Gasteiger partial charge in [-0.1, -0.05) is 65.7 Å². The number of anilines is 1. The van der Waals surface area contributed by atoms with E-state index < -0.39 is 14.2 Å². The highest BCUT2D eigenvalue weighted by Gasteiger charge is 2.41. The monoisotopic (exact) mass is 398 g/mol. The van der Waals surface area contributed by atoms with Gasteiger partial charge in [-0.15, -0.1) is 5.54 Å². The van der Waals surface area contributed by atoms with Gasteiger partial charge in [-0.3, -0.25) is 9.78 Å². The van der Waals surface area contributed by atoms with Crippen LogP contribution in [0.5, 0.6) is 0 Å². The van der Waals surface area contributed by atoms with Crippen LogP contribution in [0, 0.1) is 11.5 Å². The number of fused-ring (bicyclic) bond motifs is 1. The van der Waals surface area contributed by atoms with Crippen molar-refractivity contribution >= 4 is 30.6 Å². The van der Waals surface area contributed by atoms with E-state index in [4.69, 9.17) is 0 Å². The molecule has 0 aliphatic rings. The van der Waals surface area contributed by atoms with Crippen LogP contribution in [0.1, 0.15) is 48.0 Å². The maximum absolute atomic E-state index is 14.6. The number of hydrogen-bond acceptors (Lipinski definition) is 2. The van der Waals surface area contributed by atoms with Gasteiger partial charge in [0, 0.05) is 11.6 Å². The van der Waals surface area contributed by atoms with E-state index in [0.29, 0.717) is 27.8 Å². The van der Waals surface area contributed by atoms with Crippen LogP contribution in [0.25, 0.3) is 10.9 Å². The summed E-state index contributed by atoms with van der Waals surface area (Å²) in [5.41, 5.74) is 5.95. The van der Waals surface area contributed by atoms with Gasteiger partial charge in [0.15, 0.2) is 6.17 Å². The molecule has 1 aromatic carbocycles. The molecular formula is C23H31FN2OSi. The average Bonchev–Trinajstić information content (AvgIpc) is 2.61. The molecule has 150 valence electrons. The van der Waals surface area contributed by atoms with E-state index in [-0.39, 0.29) is 12.3 Å². The van der Waals surface area contributed by atoms with Crippen LogP contribution in [0.2, 0.25) is 16.6 Å². The molecule has 0 saturated heterocycles. The van der Waals surface area contributed by atoms with Crippen molar-refractivity contribution in [1.29, 1.82) is 0 Å². The number of nitrogens with one attached hydrogen (secondary N) is 1. The van der Waals surface area contributed by atoms with E-state index in [1.807, 2.05) is 24.3 Å². The van der Waals surface area contributed by atoms with Crippen LogP contribution in [0.15, 0.2) is 36.5 Å². The number of pyridine rings is 1. The molecule has 1 aromatic heterocycles. The molecule has 0 bridgehead atoms. The van der Waals surface area contributed by atoms with Crippen molar-refractivity contribution in [1.82, 2.24) is 4.98 Å². The summed E-state index contributed by atoms with van der Waals surface area (Å²) in [7, 11) is -1.99. The highest BCUT2D eigenvalue weighted by atomic mass is 28.3. The second-order valence-corrected chi connectivity index (χ2v) is 13.8. The van der Waals surface area contributed by atoms with Crippen LogP contribution in [-0.2, 0) is 4.79 Å². The van der Waals surface area contributed by atoms with Crippen LogP contribution in [0.3, 0.4) is 0 Å². The first-order valence-corrected chi connectivity index (χ1v) is 12.2. The molecule has 1 amide bonds. The minimum atomic E-state index is -1.99. The zero-order valence-electron chi connectivity index (χ0n) is 17.7. The maximum atomic E-state index is 14.6. The lowest BCUT2D eigenvalue weighted by Gasteiger charge is -2.38. The van der Waals surface area contributed by atoms with Gasteiger partial charge in [0.25, 0.3) is 0 Å². The van der Waals surface area contributed by atoms with Gasteiger partial charge in [0.05, 0.1) is 17.6 Å². The molecule has 3 nitrogen and oxygen atoms in total. The van der Waals surface area contributed by atoms with Crippen molar-refractivity contribution in [3.63, 3.8) is 0 Å². The quantitative estimate of drug-likeness (QED) is 0.470. The van der Waals surface area contributed by atoms with Gasteiger partial charge in [0.1, 0.15) is 8.07 Å². The predicted octanol–water partition coefficient (Wildman–Crippen LogP) is 6.12. The summed E-state index contributed by atoms with van der Waals surface area (Å²) in [5.74, 6) is 2.41. The fourth-order valence-corrected chi connectivity index (χ4v) is 9.53. The summed E-state index contributed by atoms with van der Waals surface area (Å²) in [6, 6.07) is 9.32. The van der Waals surface area contributed by atoms with E-state index in [1.165, 1.54) is 0 Å². The number of aromatic nitrogens is 1. The lowest BCUT2D eigenvalue weighted by atomic mass is 10.2. The third-order valence-electron chi connectivity index (χ3n) is 5.58. The summed E-state index contributed by atoms with van der Waals surface area (Å²) in [6.45, 7) is 13.1. The fourth-order valence-electron chi connectivity index (χ4n) is 4.26. The fraction of sp³-hybridized carbons (Fsp3) is 0.478. The van der Waals surface area contributed by atoms with Gasteiger partial charge in [-0.2, -0.15) is 0 Å². The number of para-hydroxylation sites is 1. The topological polar surface area (TPSA) is 42.0 Å². The molecule has 1 N–H and O–H groups in total. The number of rotatable bonds is 6. The molecule has 2 rings (SSSR count). The molecule has 1 heterocycles. The lowest BCUT2D eigenvalue weighted by molar-refractivity contribution is -0.116. The van der Waals surface area contributed by atoms with E-state index in [2.05, 4.69) is 63.3 Å². The molecule has 28 heavy (non-hydrogen) atoms. The summed E-state index contributed by atoms with van der Waals surface area (Å²) in [6.07, 6.45) is -0.0595. The zero-order valence-corrected chi connectivity index (χ0v) is 18.7. The Kier molecular flexibility index (Phi) is 7.37. The van der Waals surface area contributed by atoms with Crippen molar-refractivity contribution in [2.24, 2.45) is 0 Å².